The summed E-state index contributed by atoms with van der Waals surface area (Å²) in [7, 11) is 0. The first-order valence-corrected chi connectivity index (χ1v) is 9.71. The lowest BCUT2D eigenvalue weighted by Gasteiger charge is -2.04. The van der Waals surface area contributed by atoms with Crippen molar-refractivity contribution in [3.63, 3.8) is 0 Å². The van der Waals surface area contributed by atoms with E-state index in [2.05, 4.69) is 18.0 Å². The Bertz CT molecular complexity index is 1150. The third-order valence-corrected chi connectivity index (χ3v) is 4.49. The molecule has 0 saturated carbocycles. The second-order valence-corrected chi connectivity index (χ2v) is 6.58. The molecule has 6 nitrogen and oxygen atoms in total. The van der Waals surface area contributed by atoms with E-state index in [1.165, 1.54) is 0 Å². The highest BCUT2D eigenvalue weighted by atomic mass is 16.5. The molecule has 0 bridgehead atoms. The Morgan fingerprint density at radius 2 is 1.77 bits per heavy atom. The molecule has 0 aliphatic carbocycles. The van der Waals surface area contributed by atoms with E-state index in [4.69, 9.17) is 18.0 Å². The van der Waals surface area contributed by atoms with Crippen molar-refractivity contribution in [2.75, 3.05) is 6.61 Å². The monoisotopic (exact) mass is 400 g/mol. The molecule has 0 unspecified atom stereocenters. The van der Waals surface area contributed by atoms with Gasteiger partial charge in [0.25, 0.3) is 0 Å². The lowest BCUT2D eigenvalue weighted by molar-refractivity contribution is 0.309. The van der Waals surface area contributed by atoms with Crippen LogP contribution in [-0.4, -0.2) is 12.8 Å². The molecule has 1 aromatic carbocycles. The number of ether oxygens (including phenoxy) is 1. The second kappa shape index (κ2) is 9.01. The van der Waals surface area contributed by atoms with Crippen molar-refractivity contribution in [1.29, 1.82) is 5.26 Å². The topological polar surface area (TPSA) is 84.8 Å². The maximum Gasteiger partial charge on any atom is 0.238 e. The zero-order chi connectivity index (χ0) is 20.8. The summed E-state index contributed by atoms with van der Waals surface area (Å²) in [6.45, 7) is 2.83. The normalized spacial score (nSPS) is 11.1. The molecule has 4 aromatic rings. The highest BCUT2D eigenvalue weighted by Gasteiger charge is 2.25. The zero-order valence-corrected chi connectivity index (χ0v) is 16.5. The first-order chi connectivity index (χ1) is 14.8. The number of furan rings is 3. The molecular weight excluding hydrogens is 380 g/mol. The number of hydrogen-bond acceptors (Lipinski definition) is 6. The van der Waals surface area contributed by atoms with Crippen molar-refractivity contribution in [2.45, 2.75) is 19.8 Å². The fraction of sp³-hybridized carbons (Fsp3) is 0.167. The SMILES string of the molecule is CCCCOc1ccc(C=Nc2oc(-c3ccco3)c(-c3ccco3)c2C#N)cc1. The predicted molar refractivity (Wildman–Crippen MR) is 113 cm³/mol. The van der Waals surface area contributed by atoms with E-state index in [1.54, 1.807) is 43.0 Å². The van der Waals surface area contributed by atoms with E-state index in [0.717, 1.165) is 24.2 Å². The van der Waals surface area contributed by atoms with Gasteiger partial charge in [-0.3, -0.25) is 0 Å². The number of benzene rings is 1. The lowest BCUT2D eigenvalue weighted by atomic mass is 10.1. The molecule has 150 valence electrons. The van der Waals surface area contributed by atoms with Crippen LogP contribution in [0.15, 0.2) is 79.3 Å². The van der Waals surface area contributed by atoms with E-state index in [-0.39, 0.29) is 11.4 Å². The minimum Gasteiger partial charge on any atom is -0.494 e. The maximum absolute atomic E-state index is 9.77. The smallest absolute Gasteiger partial charge is 0.238 e. The summed E-state index contributed by atoms with van der Waals surface area (Å²) in [5.74, 6) is 2.41. The number of unbranched alkanes of at least 4 members (excludes halogenated alkanes) is 1. The van der Waals surface area contributed by atoms with Gasteiger partial charge in [0.05, 0.1) is 24.7 Å². The van der Waals surface area contributed by atoms with Crippen LogP contribution in [0.1, 0.15) is 30.9 Å². The van der Waals surface area contributed by atoms with Crippen molar-refractivity contribution in [1.82, 2.24) is 0 Å². The maximum atomic E-state index is 9.77. The molecule has 0 spiro atoms. The van der Waals surface area contributed by atoms with E-state index in [9.17, 15) is 5.26 Å². The van der Waals surface area contributed by atoms with Crippen molar-refractivity contribution < 1.29 is 18.0 Å². The van der Waals surface area contributed by atoms with Crippen LogP contribution in [0, 0.1) is 11.3 Å². The lowest BCUT2D eigenvalue weighted by Crippen LogP contribution is -1.96. The zero-order valence-electron chi connectivity index (χ0n) is 16.5. The first-order valence-electron chi connectivity index (χ1n) is 9.71. The minimum atomic E-state index is 0.193. The standard InChI is InChI=1S/C24H20N2O4/c1-2-3-12-27-18-10-8-17(9-11-18)16-26-24-19(15-25)22(20-6-4-13-28-20)23(30-24)21-7-5-14-29-21/h4-11,13-14,16H,2-3,12H2,1H3. The van der Waals surface area contributed by atoms with Gasteiger partial charge in [-0.25, -0.2) is 4.99 Å². The number of rotatable bonds is 8. The van der Waals surface area contributed by atoms with Crippen LogP contribution in [0.2, 0.25) is 0 Å². The fourth-order valence-electron chi connectivity index (χ4n) is 2.97. The van der Waals surface area contributed by atoms with Gasteiger partial charge >= 0.3 is 0 Å². The molecule has 0 atom stereocenters. The van der Waals surface area contributed by atoms with Crippen molar-refractivity contribution >= 4 is 12.1 Å². The molecular formula is C24H20N2O4. The number of nitriles is 1. The van der Waals surface area contributed by atoms with Crippen LogP contribution >= 0.6 is 0 Å². The van der Waals surface area contributed by atoms with Crippen LogP contribution in [-0.2, 0) is 0 Å². The van der Waals surface area contributed by atoms with E-state index >= 15 is 0 Å². The second-order valence-electron chi connectivity index (χ2n) is 6.58. The van der Waals surface area contributed by atoms with Crippen LogP contribution in [0.3, 0.4) is 0 Å². The van der Waals surface area contributed by atoms with E-state index in [0.29, 0.717) is 29.5 Å². The Hall–Kier alpha value is -3.98. The van der Waals surface area contributed by atoms with Crippen molar-refractivity contribution in [3.8, 4) is 34.7 Å². The summed E-state index contributed by atoms with van der Waals surface area (Å²) in [5, 5.41) is 9.77. The van der Waals surface area contributed by atoms with Crippen LogP contribution in [0.4, 0.5) is 5.88 Å². The Kier molecular flexibility index (Phi) is 5.81. The summed E-state index contributed by atoms with van der Waals surface area (Å²) in [6.07, 6.45) is 6.85. The number of aliphatic imine (C=N–C) groups is 1. The van der Waals surface area contributed by atoms with Gasteiger partial charge in [0.15, 0.2) is 11.5 Å². The Morgan fingerprint density at radius 1 is 1.03 bits per heavy atom. The molecule has 3 aromatic heterocycles. The fourth-order valence-corrected chi connectivity index (χ4v) is 2.97. The average Bonchev–Trinajstić information content (AvgIpc) is 3.53. The third-order valence-electron chi connectivity index (χ3n) is 4.49. The molecule has 0 radical (unpaired) electrons. The quantitative estimate of drug-likeness (QED) is 0.246. The number of nitrogens with zero attached hydrogens (tertiary/aromatic N) is 2. The van der Waals surface area contributed by atoms with Gasteiger partial charge in [-0.15, -0.1) is 0 Å². The van der Waals surface area contributed by atoms with Gasteiger partial charge in [-0.2, -0.15) is 5.26 Å². The molecule has 0 aliphatic rings. The highest BCUT2D eigenvalue weighted by Crippen LogP contribution is 2.42. The molecule has 6 heteroatoms. The summed E-state index contributed by atoms with van der Waals surface area (Å²) in [4.78, 5) is 4.42. The van der Waals surface area contributed by atoms with Crippen molar-refractivity contribution in [3.05, 3.63) is 72.2 Å². The van der Waals surface area contributed by atoms with Crippen LogP contribution in [0.5, 0.6) is 5.75 Å². The molecule has 30 heavy (non-hydrogen) atoms. The molecule has 4 rings (SSSR count). The van der Waals surface area contributed by atoms with Crippen LogP contribution in [0.25, 0.3) is 22.8 Å². The first kappa shape index (κ1) is 19.3. The van der Waals surface area contributed by atoms with E-state index in [1.807, 2.05) is 24.3 Å². The van der Waals surface area contributed by atoms with Crippen molar-refractivity contribution in [2.24, 2.45) is 4.99 Å². The van der Waals surface area contributed by atoms with Gasteiger partial charge in [-0.1, -0.05) is 13.3 Å². The third kappa shape index (κ3) is 4.06. The van der Waals surface area contributed by atoms with E-state index < -0.39 is 0 Å². The van der Waals surface area contributed by atoms with Gasteiger partial charge < -0.3 is 18.0 Å². The summed E-state index contributed by atoms with van der Waals surface area (Å²) in [5.41, 5.74) is 1.66. The molecule has 0 saturated heterocycles. The largest absolute Gasteiger partial charge is 0.494 e. The Balaban J connectivity index is 1.65. The Labute approximate surface area is 174 Å². The summed E-state index contributed by atoms with van der Waals surface area (Å²) in [6, 6.07) is 16.8. The van der Waals surface area contributed by atoms with Crippen LogP contribution < -0.4 is 4.74 Å². The van der Waals surface area contributed by atoms with Gasteiger partial charge in [-0.05, 0) is 60.5 Å². The number of hydrogen-bond donors (Lipinski definition) is 0. The molecule has 0 N–H and O–H groups in total. The molecule has 0 amide bonds. The molecule has 0 aliphatic heterocycles. The summed E-state index contributed by atoms with van der Waals surface area (Å²) >= 11 is 0. The average molecular weight is 400 g/mol. The van der Waals surface area contributed by atoms with Gasteiger partial charge in [0, 0.05) is 6.21 Å². The minimum absolute atomic E-state index is 0.193. The predicted octanol–water partition coefficient (Wildman–Crippen LogP) is 6.60. The molecule has 0 fully saturated rings. The van der Waals surface area contributed by atoms with Gasteiger partial charge in [0.1, 0.15) is 23.1 Å². The molecule has 3 heterocycles. The highest BCUT2D eigenvalue weighted by molar-refractivity contribution is 5.87. The van der Waals surface area contributed by atoms with Gasteiger partial charge in [0.2, 0.25) is 5.88 Å². The Morgan fingerprint density at radius 3 is 2.40 bits per heavy atom. The summed E-state index contributed by atoms with van der Waals surface area (Å²) < 4.78 is 22.6.